The zero-order chi connectivity index (χ0) is 10.6. The highest BCUT2D eigenvalue weighted by Gasteiger charge is 2.08. The van der Waals surface area contributed by atoms with Gasteiger partial charge in [0.1, 0.15) is 0 Å². The van der Waals surface area contributed by atoms with E-state index >= 15 is 0 Å². The van der Waals surface area contributed by atoms with E-state index in [1.165, 1.54) is 0 Å². The lowest BCUT2D eigenvalue weighted by Gasteiger charge is -2.15. The number of benzene rings is 1. The van der Waals surface area contributed by atoms with Gasteiger partial charge >= 0.3 is 0 Å². The van der Waals surface area contributed by atoms with Crippen LogP contribution in [0.15, 0.2) is 18.2 Å². The summed E-state index contributed by atoms with van der Waals surface area (Å²) in [4.78, 5) is 0. The van der Waals surface area contributed by atoms with Crippen molar-refractivity contribution in [1.82, 2.24) is 5.32 Å². The van der Waals surface area contributed by atoms with Gasteiger partial charge in [0.25, 0.3) is 0 Å². The van der Waals surface area contributed by atoms with Crippen LogP contribution < -0.4 is 5.32 Å². The number of rotatable bonds is 4. The molecule has 3 heteroatoms. The van der Waals surface area contributed by atoms with Crippen molar-refractivity contribution < 1.29 is 0 Å². The Morgan fingerprint density at radius 3 is 2.64 bits per heavy atom. The van der Waals surface area contributed by atoms with Crippen LogP contribution in [0.3, 0.4) is 0 Å². The van der Waals surface area contributed by atoms with Crippen LogP contribution >= 0.6 is 23.2 Å². The fourth-order valence-corrected chi connectivity index (χ4v) is 1.90. The van der Waals surface area contributed by atoms with Crippen LogP contribution in [0.4, 0.5) is 0 Å². The van der Waals surface area contributed by atoms with Crippen molar-refractivity contribution in [3.8, 4) is 0 Å². The molecule has 0 unspecified atom stereocenters. The molecule has 0 aliphatic carbocycles. The van der Waals surface area contributed by atoms with Gasteiger partial charge in [0.2, 0.25) is 0 Å². The van der Waals surface area contributed by atoms with Gasteiger partial charge in [-0.05, 0) is 37.6 Å². The molecule has 0 bridgehead atoms. The summed E-state index contributed by atoms with van der Waals surface area (Å²) in [5, 5.41) is 4.79. The third-order valence-electron chi connectivity index (χ3n) is 2.13. The second kappa shape index (κ2) is 5.59. The molecule has 0 amide bonds. The number of nitrogens with one attached hydrogen (secondary N) is 1. The Morgan fingerprint density at radius 1 is 1.36 bits per heavy atom. The van der Waals surface area contributed by atoms with E-state index in [2.05, 4.69) is 19.2 Å². The minimum atomic E-state index is 0.278. The van der Waals surface area contributed by atoms with Crippen molar-refractivity contribution in [3.05, 3.63) is 33.8 Å². The first-order chi connectivity index (χ1) is 6.65. The zero-order valence-electron chi connectivity index (χ0n) is 8.48. The van der Waals surface area contributed by atoms with E-state index in [1.807, 2.05) is 12.1 Å². The van der Waals surface area contributed by atoms with E-state index in [0.717, 1.165) is 23.6 Å². The number of halogens is 2. The maximum Gasteiger partial charge on any atom is 0.0468 e. The van der Waals surface area contributed by atoms with Crippen LogP contribution in [0.2, 0.25) is 10.0 Å². The molecule has 0 spiro atoms. The first-order valence-corrected chi connectivity index (χ1v) is 5.59. The standard InChI is InChI=1S/C11H15Cl2N/c1-3-6-14-8(2)10-5-4-9(12)7-11(10)13/h4-5,7-8,14H,3,6H2,1-2H3/t8-/m0/s1. The minimum absolute atomic E-state index is 0.278. The monoisotopic (exact) mass is 231 g/mol. The fraction of sp³-hybridized carbons (Fsp3) is 0.455. The highest BCUT2D eigenvalue weighted by molar-refractivity contribution is 6.35. The Hall–Kier alpha value is -0.240. The molecule has 0 aliphatic heterocycles. The largest absolute Gasteiger partial charge is 0.310 e. The molecule has 14 heavy (non-hydrogen) atoms. The lowest BCUT2D eigenvalue weighted by molar-refractivity contribution is 0.571. The van der Waals surface area contributed by atoms with Crippen LogP contribution in [-0.2, 0) is 0 Å². The van der Waals surface area contributed by atoms with Gasteiger partial charge in [0.05, 0.1) is 0 Å². The molecule has 0 saturated carbocycles. The topological polar surface area (TPSA) is 12.0 Å². The number of hydrogen-bond donors (Lipinski definition) is 1. The molecule has 1 rings (SSSR count). The van der Waals surface area contributed by atoms with Crippen molar-refractivity contribution in [2.45, 2.75) is 26.3 Å². The second-order valence-corrected chi connectivity index (χ2v) is 4.19. The summed E-state index contributed by atoms with van der Waals surface area (Å²) in [5.41, 5.74) is 1.10. The van der Waals surface area contributed by atoms with Crippen molar-refractivity contribution in [1.29, 1.82) is 0 Å². The Kier molecular flexibility index (Phi) is 4.73. The third-order valence-corrected chi connectivity index (χ3v) is 2.69. The van der Waals surface area contributed by atoms with Crippen LogP contribution in [0.5, 0.6) is 0 Å². The smallest absolute Gasteiger partial charge is 0.0468 e. The summed E-state index contributed by atoms with van der Waals surface area (Å²) in [7, 11) is 0. The number of hydrogen-bond acceptors (Lipinski definition) is 1. The van der Waals surface area contributed by atoms with Crippen LogP contribution in [0.1, 0.15) is 31.9 Å². The van der Waals surface area contributed by atoms with Crippen LogP contribution in [0, 0.1) is 0 Å². The van der Waals surface area contributed by atoms with Gasteiger partial charge in [-0.25, -0.2) is 0 Å². The Bertz CT molecular complexity index is 299. The highest BCUT2D eigenvalue weighted by Crippen LogP contribution is 2.25. The van der Waals surface area contributed by atoms with Crippen molar-refractivity contribution in [2.24, 2.45) is 0 Å². The molecule has 78 valence electrons. The quantitative estimate of drug-likeness (QED) is 0.825. The zero-order valence-corrected chi connectivity index (χ0v) is 9.99. The molecule has 0 saturated heterocycles. The van der Waals surface area contributed by atoms with Gasteiger partial charge in [-0.2, -0.15) is 0 Å². The molecule has 1 atom stereocenters. The van der Waals surface area contributed by atoms with E-state index in [9.17, 15) is 0 Å². The Balaban J connectivity index is 2.74. The van der Waals surface area contributed by atoms with Gasteiger partial charge in [-0.3, -0.25) is 0 Å². The molecule has 0 aromatic heterocycles. The fourth-order valence-electron chi connectivity index (χ4n) is 1.32. The molecule has 0 aliphatic rings. The summed E-state index contributed by atoms with van der Waals surface area (Å²) >= 11 is 11.9. The molecular formula is C11H15Cl2N. The van der Waals surface area contributed by atoms with E-state index in [1.54, 1.807) is 6.07 Å². The van der Waals surface area contributed by atoms with Gasteiger partial charge in [0.15, 0.2) is 0 Å². The SMILES string of the molecule is CCCN[C@@H](C)c1ccc(Cl)cc1Cl. The van der Waals surface area contributed by atoms with E-state index < -0.39 is 0 Å². The lowest BCUT2D eigenvalue weighted by Crippen LogP contribution is -2.19. The molecule has 0 fully saturated rings. The second-order valence-electron chi connectivity index (χ2n) is 3.34. The highest BCUT2D eigenvalue weighted by atomic mass is 35.5. The molecule has 1 aromatic rings. The summed E-state index contributed by atoms with van der Waals surface area (Å²) < 4.78 is 0. The van der Waals surface area contributed by atoms with E-state index in [0.29, 0.717) is 5.02 Å². The van der Waals surface area contributed by atoms with Crippen molar-refractivity contribution >= 4 is 23.2 Å². The van der Waals surface area contributed by atoms with Crippen LogP contribution in [-0.4, -0.2) is 6.54 Å². The Morgan fingerprint density at radius 2 is 2.07 bits per heavy atom. The molecular weight excluding hydrogens is 217 g/mol. The van der Waals surface area contributed by atoms with Crippen LogP contribution in [0.25, 0.3) is 0 Å². The third kappa shape index (κ3) is 3.16. The molecule has 1 aromatic carbocycles. The predicted molar refractivity (Wildman–Crippen MR) is 63.2 cm³/mol. The minimum Gasteiger partial charge on any atom is -0.310 e. The summed E-state index contributed by atoms with van der Waals surface area (Å²) in [6.45, 7) is 5.24. The predicted octanol–water partition coefficient (Wildman–Crippen LogP) is 4.05. The van der Waals surface area contributed by atoms with Gasteiger partial charge in [0, 0.05) is 16.1 Å². The summed E-state index contributed by atoms with van der Waals surface area (Å²) in [6.07, 6.45) is 1.12. The molecule has 1 N–H and O–H groups in total. The van der Waals surface area contributed by atoms with Gasteiger partial charge in [-0.1, -0.05) is 36.2 Å². The maximum absolute atomic E-state index is 6.08. The van der Waals surface area contributed by atoms with E-state index in [-0.39, 0.29) is 6.04 Å². The first kappa shape index (κ1) is 11.8. The lowest BCUT2D eigenvalue weighted by atomic mass is 10.1. The average Bonchev–Trinajstić information content (AvgIpc) is 2.14. The van der Waals surface area contributed by atoms with Gasteiger partial charge < -0.3 is 5.32 Å². The maximum atomic E-state index is 6.08. The van der Waals surface area contributed by atoms with Crippen molar-refractivity contribution in [2.75, 3.05) is 6.54 Å². The summed E-state index contributed by atoms with van der Waals surface area (Å²) in [6, 6.07) is 5.90. The molecule has 0 radical (unpaired) electrons. The Labute approximate surface area is 95.4 Å². The first-order valence-electron chi connectivity index (χ1n) is 4.83. The molecule has 1 nitrogen and oxygen atoms in total. The summed E-state index contributed by atoms with van der Waals surface area (Å²) in [5.74, 6) is 0. The normalized spacial score (nSPS) is 12.9. The van der Waals surface area contributed by atoms with Gasteiger partial charge in [-0.15, -0.1) is 0 Å². The molecule has 0 heterocycles. The van der Waals surface area contributed by atoms with E-state index in [4.69, 9.17) is 23.2 Å². The van der Waals surface area contributed by atoms with Crippen molar-refractivity contribution in [3.63, 3.8) is 0 Å². The average molecular weight is 232 g/mol.